The van der Waals surface area contributed by atoms with Crippen LogP contribution in [-0.2, 0) is 6.18 Å². The smallest absolute Gasteiger partial charge is 0.434 e. The standard InChI is InChI=1S/C17H12Cl2F3N5O2/c18-10-6-12(19)14(24-8-10)26-1-3-27(4-2-26)16(29)11-5-9(7-23)15(28)25-13(11)17(20,21)22/h5-6,8H,1-4H2,(H,25,28). The summed E-state index contributed by atoms with van der Waals surface area (Å²) in [6.07, 6.45) is -3.56. The molecule has 1 N–H and O–H groups in total. The van der Waals surface area contributed by atoms with Crippen molar-refractivity contribution in [3.05, 3.63) is 45.2 Å². The number of halogens is 5. The van der Waals surface area contributed by atoms with E-state index in [9.17, 15) is 23.1 Å². The van der Waals surface area contributed by atoms with E-state index in [-0.39, 0.29) is 26.2 Å². The van der Waals surface area contributed by atoms with Gasteiger partial charge in [-0.05, 0) is 12.1 Å². The van der Waals surface area contributed by atoms with Crippen LogP contribution in [0.25, 0.3) is 0 Å². The topological polar surface area (TPSA) is 93.4 Å². The number of piperazine rings is 1. The molecule has 0 spiro atoms. The fourth-order valence-corrected chi connectivity index (χ4v) is 3.40. The molecule has 2 aromatic rings. The zero-order valence-corrected chi connectivity index (χ0v) is 16.1. The Hall–Kier alpha value is -2.77. The molecule has 0 aliphatic carbocycles. The molecule has 29 heavy (non-hydrogen) atoms. The van der Waals surface area contributed by atoms with E-state index in [4.69, 9.17) is 28.5 Å². The highest BCUT2D eigenvalue weighted by molar-refractivity contribution is 6.36. The van der Waals surface area contributed by atoms with E-state index in [1.807, 2.05) is 0 Å². The number of pyridine rings is 2. The molecule has 1 saturated heterocycles. The monoisotopic (exact) mass is 445 g/mol. The highest BCUT2D eigenvalue weighted by Gasteiger charge is 2.40. The summed E-state index contributed by atoms with van der Waals surface area (Å²) in [6.45, 7) is 0.745. The van der Waals surface area contributed by atoms with Crippen molar-refractivity contribution < 1.29 is 23.1 Å². The number of carbonyl (C=O) groups excluding carboxylic acids is 1. The Bertz CT molecular complexity index is 1000. The molecule has 0 radical (unpaired) electrons. The van der Waals surface area contributed by atoms with E-state index in [0.29, 0.717) is 21.9 Å². The number of hydrogen-bond acceptors (Lipinski definition) is 6. The first-order valence-electron chi connectivity index (χ1n) is 8.18. The second-order valence-corrected chi connectivity index (χ2v) is 6.95. The van der Waals surface area contributed by atoms with Crippen LogP contribution in [0.1, 0.15) is 21.6 Å². The lowest BCUT2D eigenvalue weighted by Gasteiger charge is -2.36. The van der Waals surface area contributed by atoms with E-state index >= 15 is 0 Å². The minimum Gasteiger partial charge on any atom is -0.492 e. The average molecular weight is 446 g/mol. The number of amides is 1. The minimum absolute atomic E-state index is 0.0968. The molecule has 1 aliphatic rings. The van der Waals surface area contributed by atoms with E-state index in [2.05, 4.69) is 9.97 Å². The van der Waals surface area contributed by atoms with Crippen LogP contribution in [0.15, 0.2) is 18.3 Å². The first-order chi connectivity index (χ1) is 13.6. The molecule has 0 aromatic carbocycles. The van der Waals surface area contributed by atoms with E-state index in [1.54, 1.807) is 4.90 Å². The van der Waals surface area contributed by atoms with Gasteiger partial charge in [0, 0.05) is 32.4 Å². The van der Waals surface area contributed by atoms with Crippen LogP contribution in [0.4, 0.5) is 19.0 Å². The third-order valence-electron chi connectivity index (χ3n) is 4.28. The predicted octanol–water partition coefficient (Wildman–Crippen LogP) is 3.34. The Morgan fingerprint density at radius 1 is 1.21 bits per heavy atom. The molecule has 12 heteroatoms. The van der Waals surface area contributed by atoms with Crippen molar-refractivity contribution in [2.75, 3.05) is 31.1 Å². The average Bonchev–Trinajstić information content (AvgIpc) is 2.67. The van der Waals surface area contributed by atoms with Gasteiger partial charge in [0.25, 0.3) is 5.91 Å². The van der Waals surface area contributed by atoms with E-state index in [1.165, 1.54) is 23.2 Å². The van der Waals surface area contributed by atoms with Gasteiger partial charge in [0.05, 0.1) is 15.6 Å². The van der Waals surface area contributed by atoms with Gasteiger partial charge in [0.2, 0.25) is 5.88 Å². The number of nitriles is 1. The fraction of sp³-hybridized carbons (Fsp3) is 0.294. The van der Waals surface area contributed by atoms with Crippen molar-refractivity contribution in [2.24, 2.45) is 0 Å². The summed E-state index contributed by atoms with van der Waals surface area (Å²) in [7, 11) is 0. The lowest BCUT2D eigenvalue weighted by molar-refractivity contribution is -0.141. The van der Waals surface area contributed by atoms with Crippen molar-refractivity contribution in [1.82, 2.24) is 14.9 Å². The predicted molar refractivity (Wildman–Crippen MR) is 98.0 cm³/mol. The molecule has 0 atom stereocenters. The Morgan fingerprint density at radius 3 is 2.41 bits per heavy atom. The van der Waals surface area contributed by atoms with Crippen LogP contribution >= 0.6 is 23.2 Å². The highest BCUT2D eigenvalue weighted by Crippen LogP contribution is 2.34. The molecule has 3 heterocycles. The molecule has 0 saturated carbocycles. The molecule has 2 aromatic heterocycles. The van der Waals surface area contributed by atoms with Gasteiger partial charge in [-0.25, -0.2) is 9.97 Å². The minimum atomic E-state index is -4.97. The number of aromatic nitrogens is 2. The molecule has 0 unspecified atom stereocenters. The molecule has 0 bridgehead atoms. The third-order valence-corrected chi connectivity index (χ3v) is 4.76. The summed E-state index contributed by atoms with van der Waals surface area (Å²) >= 11 is 11.9. The maximum atomic E-state index is 13.3. The van der Waals surface area contributed by atoms with Crippen molar-refractivity contribution in [3.63, 3.8) is 0 Å². The number of aromatic hydroxyl groups is 1. The van der Waals surface area contributed by atoms with Gasteiger partial charge in [-0.15, -0.1) is 0 Å². The first-order valence-corrected chi connectivity index (χ1v) is 8.94. The second-order valence-electron chi connectivity index (χ2n) is 6.10. The van der Waals surface area contributed by atoms with Gasteiger partial charge < -0.3 is 14.9 Å². The summed E-state index contributed by atoms with van der Waals surface area (Å²) in [5.41, 5.74) is -2.84. The van der Waals surface area contributed by atoms with Gasteiger partial charge in [-0.1, -0.05) is 23.2 Å². The van der Waals surface area contributed by atoms with Gasteiger partial charge >= 0.3 is 6.18 Å². The van der Waals surface area contributed by atoms with Crippen molar-refractivity contribution >= 4 is 34.9 Å². The number of carbonyl (C=O) groups is 1. The van der Waals surface area contributed by atoms with Crippen molar-refractivity contribution in [1.29, 1.82) is 5.26 Å². The van der Waals surface area contributed by atoms with Gasteiger partial charge in [-0.3, -0.25) is 4.79 Å². The van der Waals surface area contributed by atoms with E-state index < -0.39 is 34.8 Å². The molecule has 3 rings (SSSR count). The molecular formula is C17H12Cl2F3N5O2. The van der Waals surface area contributed by atoms with Gasteiger partial charge in [0.1, 0.15) is 17.5 Å². The quantitative estimate of drug-likeness (QED) is 0.761. The Morgan fingerprint density at radius 2 is 1.86 bits per heavy atom. The third kappa shape index (κ3) is 4.31. The first kappa shape index (κ1) is 21.0. The normalized spacial score (nSPS) is 14.6. The molecule has 1 fully saturated rings. The summed E-state index contributed by atoms with van der Waals surface area (Å²) < 4.78 is 39.8. The maximum Gasteiger partial charge on any atom is 0.434 e. The van der Waals surface area contributed by atoms with E-state index in [0.717, 1.165) is 0 Å². The van der Waals surface area contributed by atoms with Crippen molar-refractivity contribution in [2.45, 2.75) is 6.18 Å². The Kier molecular flexibility index (Phi) is 5.73. The zero-order chi connectivity index (χ0) is 21.3. The number of alkyl halides is 3. The number of anilines is 1. The number of rotatable bonds is 2. The van der Waals surface area contributed by atoms with Crippen LogP contribution in [0.3, 0.4) is 0 Å². The number of hydrogen-bond donors (Lipinski definition) is 1. The number of nitrogens with zero attached hydrogens (tertiary/aromatic N) is 5. The lowest BCUT2D eigenvalue weighted by atomic mass is 10.1. The van der Waals surface area contributed by atoms with Crippen LogP contribution in [-0.4, -0.2) is 52.1 Å². The van der Waals surface area contributed by atoms with Crippen LogP contribution in [0, 0.1) is 11.3 Å². The largest absolute Gasteiger partial charge is 0.492 e. The highest BCUT2D eigenvalue weighted by atomic mass is 35.5. The molecule has 1 aliphatic heterocycles. The van der Waals surface area contributed by atoms with Gasteiger partial charge in [-0.2, -0.15) is 18.4 Å². The maximum absolute atomic E-state index is 13.3. The Labute approximate surface area is 172 Å². The summed E-state index contributed by atoms with van der Waals surface area (Å²) in [4.78, 5) is 22.9. The van der Waals surface area contributed by atoms with Crippen LogP contribution < -0.4 is 4.90 Å². The van der Waals surface area contributed by atoms with Crippen LogP contribution in [0.5, 0.6) is 5.88 Å². The van der Waals surface area contributed by atoms with Gasteiger partial charge in [0.15, 0.2) is 5.69 Å². The Balaban J connectivity index is 1.83. The summed E-state index contributed by atoms with van der Waals surface area (Å²) in [5.74, 6) is -1.56. The zero-order valence-electron chi connectivity index (χ0n) is 14.5. The fourth-order valence-electron chi connectivity index (χ4n) is 2.90. The molecule has 1 amide bonds. The molecule has 152 valence electrons. The van der Waals surface area contributed by atoms with Crippen molar-refractivity contribution in [3.8, 4) is 11.9 Å². The molecular weight excluding hydrogens is 434 g/mol. The summed E-state index contributed by atoms with van der Waals surface area (Å²) in [5, 5.41) is 19.1. The summed E-state index contributed by atoms with van der Waals surface area (Å²) in [6, 6.07) is 3.74. The lowest BCUT2D eigenvalue weighted by Crippen LogP contribution is -2.49. The SMILES string of the molecule is N#Cc1cc(C(=O)N2CCN(c3ncc(Cl)cc3Cl)CC2)c(C(F)(F)F)nc1O. The second kappa shape index (κ2) is 7.93. The van der Waals surface area contributed by atoms with Crippen LogP contribution in [0.2, 0.25) is 10.0 Å². The molecule has 7 nitrogen and oxygen atoms in total.